The Bertz CT molecular complexity index is 696. The van der Waals surface area contributed by atoms with E-state index in [1.54, 1.807) is 18.3 Å². The molecule has 19 heavy (non-hydrogen) atoms. The van der Waals surface area contributed by atoms with Crippen molar-refractivity contribution >= 4 is 0 Å². The van der Waals surface area contributed by atoms with Crippen molar-refractivity contribution in [2.24, 2.45) is 0 Å². The quantitative estimate of drug-likeness (QED) is 0.688. The van der Waals surface area contributed by atoms with E-state index in [1.165, 1.54) is 12.1 Å². The summed E-state index contributed by atoms with van der Waals surface area (Å²) in [5, 5.41) is 0. The Morgan fingerprint density at radius 1 is 0.789 bits per heavy atom. The summed E-state index contributed by atoms with van der Waals surface area (Å²) < 4.78 is 13.2. The first kappa shape index (κ1) is 11.5. The maximum atomic E-state index is 13.2. The van der Waals surface area contributed by atoms with Gasteiger partial charge in [-0.2, -0.15) is 0 Å². The smallest absolute Gasteiger partial charge is 0.159 e. The minimum Gasteiger partial charge on any atom is -0.237 e. The predicted molar refractivity (Wildman–Crippen MR) is 72.9 cm³/mol. The topological polar surface area (TPSA) is 25.8 Å². The highest BCUT2D eigenvalue weighted by atomic mass is 19.1. The van der Waals surface area contributed by atoms with Crippen LogP contribution in [0.3, 0.4) is 0 Å². The first-order chi connectivity index (χ1) is 9.33. The summed E-state index contributed by atoms with van der Waals surface area (Å²) in [6, 6.07) is 17.9. The summed E-state index contributed by atoms with van der Waals surface area (Å²) in [6.45, 7) is 0. The summed E-state index contributed by atoms with van der Waals surface area (Å²) in [4.78, 5) is 8.73. The van der Waals surface area contributed by atoms with E-state index in [0.29, 0.717) is 11.5 Å². The zero-order chi connectivity index (χ0) is 13.1. The maximum absolute atomic E-state index is 13.2. The fourth-order valence-corrected chi connectivity index (χ4v) is 1.89. The van der Waals surface area contributed by atoms with Gasteiger partial charge in [-0.1, -0.05) is 42.5 Å². The monoisotopic (exact) mass is 250 g/mol. The number of hydrogen-bond donors (Lipinski definition) is 0. The van der Waals surface area contributed by atoms with Gasteiger partial charge in [-0.15, -0.1) is 0 Å². The molecule has 3 rings (SSSR count). The Hall–Kier alpha value is -2.55. The van der Waals surface area contributed by atoms with Gasteiger partial charge in [0.2, 0.25) is 0 Å². The first-order valence-corrected chi connectivity index (χ1v) is 5.97. The lowest BCUT2D eigenvalue weighted by Gasteiger charge is -2.04. The van der Waals surface area contributed by atoms with Crippen LogP contribution in [-0.4, -0.2) is 9.97 Å². The van der Waals surface area contributed by atoms with Crippen LogP contribution in [0.4, 0.5) is 4.39 Å². The molecule has 0 aliphatic heterocycles. The zero-order valence-corrected chi connectivity index (χ0v) is 10.1. The van der Waals surface area contributed by atoms with Crippen LogP contribution in [-0.2, 0) is 0 Å². The molecule has 3 heteroatoms. The molecule has 92 valence electrons. The molecule has 0 spiro atoms. The molecule has 2 nitrogen and oxygen atoms in total. The standard InChI is InChI=1S/C16H11FN2/c17-14-8-4-7-13(11-14)15-9-10-18-16(19-15)12-5-2-1-3-6-12/h1-11H. The van der Waals surface area contributed by atoms with Gasteiger partial charge in [-0.05, 0) is 18.2 Å². The van der Waals surface area contributed by atoms with Crippen LogP contribution in [0.5, 0.6) is 0 Å². The van der Waals surface area contributed by atoms with Crippen LogP contribution in [0.25, 0.3) is 22.6 Å². The fourth-order valence-electron chi connectivity index (χ4n) is 1.89. The molecule has 0 amide bonds. The van der Waals surface area contributed by atoms with Crippen molar-refractivity contribution in [2.75, 3.05) is 0 Å². The van der Waals surface area contributed by atoms with Gasteiger partial charge >= 0.3 is 0 Å². The third-order valence-corrected chi connectivity index (χ3v) is 2.81. The third-order valence-electron chi connectivity index (χ3n) is 2.81. The van der Waals surface area contributed by atoms with E-state index < -0.39 is 0 Å². The molecule has 0 bridgehead atoms. The van der Waals surface area contributed by atoms with E-state index in [0.717, 1.165) is 11.1 Å². The van der Waals surface area contributed by atoms with Crippen molar-refractivity contribution in [3.63, 3.8) is 0 Å². The number of halogens is 1. The van der Waals surface area contributed by atoms with Gasteiger partial charge in [0.05, 0.1) is 5.69 Å². The maximum Gasteiger partial charge on any atom is 0.159 e. The van der Waals surface area contributed by atoms with Gasteiger partial charge < -0.3 is 0 Å². The Labute approximate surface area is 110 Å². The molecule has 0 aliphatic carbocycles. The second-order valence-corrected chi connectivity index (χ2v) is 4.14. The van der Waals surface area contributed by atoms with Gasteiger partial charge in [0.15, 0.2) is 5.82 Å². The number of benzene rings is 2. The fraction of sp³-hybridized carbons (Fsp3) is 0. The number of hydrogen-bond acceptors (Lipinski definition) is 2. The average Bonchev–Trinajstić information content (AvgIpc) is 2.48. The molecular weight excluding hydrogens is 239 g/mol. The Kier molecular flexibility index (Phi) is 3.02. The summed E-state index contributed by atoms with van der Waals surface area (Å²) in [5.41, 5.74) is 2.41. The van der Waals surface area contributed by atoms with Crippen molar-refractivity contribution in [2.45, 2.75) is 0 Å². The summed E-state index contributed by atoms with van der Waals surface area (Å²) >= 11 is 0. The van der Waals surface area contributed by atoms with Crippen LogP contribution in [0.2, 0.25) is 0 Å². The minimum atomic E-state index is -0.266. The lowest BCUT2D eigenvalue weighted by Crippen LogP contribution is -1.91. The Morgan fingerprint density at radius 3 is 2.37 bits per heavy atom. The SMILES string of the molecule is Fc1cccc(-c2ccnc(-c3ccccc3)n2)c1. The summed E-state index contributed by atoms with van der Waals surface area (Å²) in [5.74, 6) is 0.375. The van der Waals surface area contributed by atoms with E-state index in [9.17, 15) is 4.39 Å². The van der Waals surface area contributed by atoms with E-state index in [4.69, 9.17) is 0 Å². The molecule has 0 saturated carbocycles. The second-order valence-electron chi connectivity index (χ2n) is 4.14. The van der Waals surface area contributed by atoms with Crippen LogP contribution in [0, 0.1) is 5.82 Å². The van der Waals surface area contributed by atoms with E-state index >= 15 is 0 Å². The summed E-state index contributed by atoms with van der Waals surface area (Å²) in [7, 11) is 0. The Balaban J connectivity index is 2.06. The zero-order valence-electron chi connectivity index (χ0n) is 10.1. The van der Waals surface area contributed by atoms with Gasteiger partial charge in [0.25, 0.3) is 0 Å². The van der Waals surface area contributed by atoms with Crippen molar-refractivity contribution in [1.82, 2.24) is 9.97 Å². The normalized spacial score (nSPS) is 10.4. The second kappa shape index (κ2) is 4.98. The first-order valence-electron chi connectivity index (χ1n) is 5.97. The molecule has 0 saturated heterocycles. The number of aromatic nitrogens is 2. The largest absolute Gasteiger partial charge is 0.237 e. The van der Waals surface area contributed by atoms with E-state index in [2.05, 4.69) is 9.97 Å². The lowest BCUT2D eigenvalue weighted by atomic mass is 10.1. The third kappa shape index (κ3) is 2.50. The minimum absolute atomic E-state index is 0.266. The number of rotatable bonds is 2. The van der Waals surface area contributed by atoms with Gasteiger partial charge in [0.1, 0.15) is 5.82 Å². The van der Waals surface area contributed by atoms with Crippen molar-refractivity contribution in [3.8, 4) is 22.6 Å². The highest BCUT2D eigenvalue weighted by Crippen LogP contribution is 2.21. The van der Waals surface area contributed by atoms with Gasteiger partial charge in [0, 0.05) is 17.3 Å². The molecule has 0 unspecified atom stereocenters. The van der Waals surface area contributed by atoms with E-state index in [1.807, 2.05) is 36.4 Å². The van der Waals surface area contributed by atoms with E-state index in [-0.39, 0.29) is 5.82 Å². The van der Waals surface area contributed by atoms with Gasteiger partial charge in [-0.25, -0.2) is 14.4 Å². The molecule has 0 N–H and O–H groups in total. The Morgan fingerprint density at radius 2 is 1.58 bits per heavy atom. The molecule has 0 atom stereocenters. The molecule has 0 aliphatic rings. The molecule has 0 fully saturated rings. The molecule has 2 aromatic carbocycles. The van der Waals surface area contributed by atoms with Crippen LogP contribution in [0.15, 0.2) is 66.9 Å². The highest BCUT2D eigenvalue weighted by Gasteiger charge is 2.04. The van der Waals surface area contributed by atoms with Crippen molar-refractivity contribution < 1.29 is 4.39 Å². The molecule has 1 aromatic heterocycles. The lowest BCUT2D eigenvalue weighted by molar-refractivity contribution is 0.628. The number of nitrogens with zero attached hydrogens (tertiary/aromatic N) is 2. The molecule has 0 radical (unpaired) electrons. The van der Waals surface area contributed by atoms with Crippen molar-refractivity contribution in [3.05, 3.63) is 72.7 Å². The van der Waals surface area contributed by atoms with Gasteiger partial charge in [-0.3, -0.25) is 0 Å². The van der Waals surface area contributed by atoms with Crippen molar-refractivity contribution in [1.29, 1.82) is 0 Å². The predicted octanol–water partition coefficient (Wildman–Crippen LogP) is 3.95. The molecule has 1 heterocycles. The summed E-state index contributed by atoms with van der Waals surface area (Å²) in [6.07, 6.45) is 1.69. The van der Waals surface area contributed by atoms with Crippen LogP contribution < -0.4 is 0 Å². The molecular formula is C16H11FN2. The van der Waals surface area contributed by atoms with Crippen LogP contribution in [0.1, 0.15) is 0 Å². The van der Waals surface area contributed by atoms with Crippen LogP contribution >= 0.6 is 0 Å². The average molecular weight is 250 g/mol. The molecule has 3 aromatic rings. The highest BCUT2D eigenvalue weighted by molar-refractivity contribution is 5.63.